The second kappa shape index (κ2) is 5.17. The second-order valence-electron chi connectivity index (χ2n) is 5.26. The van der Waals surface area contributed by atoms with E-state index in [2.05, 4.69) is 32.7 Å². The number of rotatable bonds is 3. The number of anilines is 1. The van der Waals surface area contributed by atoms with Crippen molar-refractivity contribution in [2.24, 2.45) is 0 Å². The summed E-state index contributed by atoms with van der Waals surface area (Å²) in [4.78, 5) is 22.9. The Hall–Kier alpha value is -1.90. The number of ketones is 1. The van der Waals surface area contributed by atoms with E-state index < -0.39 is 0 Å². The molecule has 1 aromatic carbocycles. The van der Waals surface area contributed by atoms with Gasteiger partial charge in [-0.05, 0) is 36.1 Å². The monoisotopic (exact) mass is 245 g/mol. The quantitative estimate of drug-likeness (QED) is 0.656. The molecule has 0 saturated heterocycles. The number of benzene rings is 1. The Balaban J connectivity index is 3.28. The second-order valence-corrected chi connectivity index (χ2v) is 5.26. The molecule has 18 heavy (non-hydrogen) atoms. The lowest BCUT2D eigenvalue weighted by Crippen LogP contribution is -2.15. The van der Waals surface area contributed by atoms with Gasteiger partial charge in [0.25, 0.3) is 0 Å². The number of nitrogens with one attached hydrogen (secondary N) is 1. The number of hydrogen-bond donors (Lipinski definition) is 1. The van der Waals surface area contributed by atoms with Crippen molar-refractivity contribution in [3.8, 4) is 0 Å². The SMILES string of the molecule is C=CC(=O)Nc1cc(C(C)(C)C)ccc1C(C)=O. The Labute approximate surface area is 108 Å². The predicted molar refractivity (Wildman–Crippen MR) is 74.0 cm³/mol. The van der Waals surface area contributed by atoms with Crippen molar-refractivity contribution in [3.05, 3.63) is 42.0 Å². The van der Waals surface area contributed by atoms with Crippen molar-refractivity contribution in [3.63, 3.8) is 0 Å². The van der Waals surface area contributed by atoms with Crippen LogP contribution in [0.5, 0.6) is 0 Å². The summed E-state index contributed by atoms with van der Waals surface area (Å²) in [5, 5.41) is 2.68. The topological polar surface area (TPSA) is 46.2 Å². The zero-order valence-electron chi connectivity index (χ0n) is 11.3. The molecule has 1 aromatic rings. The van der Waals surface area contributed by atoms with Crippen LogP contribution in [0.4, 0.5) is 5.69 Å². The fourth-order valence-electron chi connectivity index (χ4n) is 1.60. The van der Waals surface area contributed by atoms with Crippen molar-refractivity contribution in [1.82, 2.24) is 0 Å². The molecule has 0 aliphatic carbocycles. The van der Waals surface area contributed by atoms with Gasteiger partial charge in [0, 0.05) is 5.56 Å². The van der Waals surface area contributed by atoms with Gasteiger partial charge in [-0.1, -0.05) is 33.4 Å². The Morgan fingerprint density at radius 2 is 1.89 bits per heavy atom. The summed E-state index contributed by atoms with van der Waals surface area (Å²) in [6, 6.07) is 5.51. The molecule has 0 heterocycles. The van der Waals surface area contributed by atoms with Crippen LogP contribution < -0.4 is 5.32 Å². The van der Waals surface area contributed by atoms with E-state index in [4.69, 9.17) is 0 Å². The molecule has 0 aliphatic heterocycles. The molecule has 0 aromatic heterocycles. The summed E-state index contributed by atoms with van der Waals surface area (Å²) in [6.45, 7) is 11.1. The first kappa shape index (κ1) is 14.2. The van der Waals surface area contributed by atoms with E-state index >= 15 is 0 Å². The standard InChI is InChI=1S/C15H19NO2/c1-6-14(18)16-13-9-11(15(3,4)5)7-8-12(13)10(2)17/h6-9H,1H2,2-5H3,(H,16,18). The molecule has 1 rings (SSSR count). The molecule has 0 atom stereocenters. The molecule has 3 nitrogen and oxygen atoms in total. The van der Waals surface area contributed by atoms with Crippen LogP contribution in [0.25, 0.3) is 0 Å². The molecule has 0 aliphatic rings. The highest BCUT2D eigenvalue weighted by Crippen LogP contribution is 2.27. The Bertz CT molecular complexity index is 496. The van der Waals surface area contributed by atoms with Gasteiger partial charge in [0.15, 0.2) is 5.78 Å². The lowest BCUT2D eigenvalue weighted by atomic mass is 9.86. The van der Waals surface area contributed by atoms with Crippen LogP contribution in [0.3, 0.4) is 0 Å². The maximum Gasteiger partial charge on any atom is 0.247 e. The first-order chi connectivity index (χ1) is 8.25. The van der Waals surface area contributed by atoms with Gasteiger partial charge in [0.05, 0.1) is 5.69 Å². The van der Waals surface area contributed by atoms with E-state index in [-0.39, 0.29) is 17.1 Å². The van der Waals surface area contributed by atoms with Gasteiger partial charge >= 0.3 is 0 Å². The normalized spacial score (nSPS) is 10.9. The lowest BCUT2D eigenvalue weighted by Gasteiger charge is -2.21. The first-order valence-electron chi connectivity index (χ1n) is 5.84. The van der Waals surface area contributed by atoms with Crippen LogP contribution in [0.15, 0.2) is 30.9 Å². The van der Waals surface area contributed by atoms with Crippen LogP contribution in [0.1, 0.15) is 43.6 Å². The minimum Gasteiger partial charge on any atom is -0.322 e. The molecule has 0 saturated carbocycles. The minimum atomic E-state index is -0.316. The number of carbonyl (C=O) groups is 2. The van der Waals surface area contributed by atoms with E-state index in [1.807, 2.05) is 12.1 Å². The molecule has 0 spiro atoms. The van der Waals surface area contributed by atoms with Crippen molar-refractivity contribution in [2.75, 3.05) is 5.32 Å². The van der Waals surface area contributed by atoms with E-state index in [1.165, 1.54) is 13.0 Å². The van der Waals surface area contributed by atoms with E-state index in [1.54, 1.807) is 6.07 Å². The molecule has 0 fully saturated rings. The Morgan fingerprint density at radius 3 is 2.33 bits per heavy atom. The molecular formula is C15H19NO2. The molecule has 96 valence electrons. The molecule has 0 radical (unpaired) electrons. The largest absolute Gasteiger partial charge is 0.322 e. The lowest BCUT2D eigenvalue weighted by molar-refractivity contribution is -0.111. The Morgan fingerprint density at radius 1 is 1.28 bits per heavy atom. The third kappa shape index (κ3) is 3.29. The maximum atomic E-state index is 11.5. The smallest absolute Gasteiger partial charge is 0.247 e. The van der Waals surface area contributed by atoms with Crippen molar-refractivity contribution in [2.45, 2.75) is 33.1 Å². The fourth-order valence-corrected chi connectivity index (χ4v) is 1.60. The number of carbonyl (C=O) groups excluding carboxylic acids is 2. The third-order valence-electron chi connectivity index (χ3n) is 2.71. The van der Waals surface area contributed by atoms with E-state index in [0.717, 1.165) is 5.56 Å². The van der Waals surface area contributed by atoms with E-state index in [0.29, 0.717) is 11.3 Å². The third-order valence-corrected chi connectivity index (χ3v) is 2.71. The zero-order chi connectivity index (χ0) is 13.9. The fraction of sp³-hybridized carbons (Fsp3) is 0.333. The highest BCUT2D eigenvalue weighted by Gasteiger charge is 2.17. The van der Waals surface area contributed by atoms with Gasteiger partial charge in [0.2, 0.25) is 5.91 Å². The average molecular weight is 245 g/mol. The van der Waals surface area contributed by atoms with Gasteiger partial charge in [0.1, 0.15) is 0 Å². The van der Waals surface area contributed by atoms with Crippen LogP contribution in [0, 0.1) is 0 Å². The summed E-state index contributed by atoms with van der Waals surface area (Å²) < 4.78 is 0. The van der Waals surface area contributed by atoms with Crippen LogP contribution in [-0.4, -0.2) is 11.7 Å². The van der Waals surface area contributed by atoms with Crippen molar-refractivity contribution in [1.29, 1.82) is 0 Å². The molecule has 0 unspecified atom stereocenters. The summed E-state index contributed by atoms with van der Waals surface area (Å²) in [6.07, 6.45) is 1.19. The summed E-state index contributed by atoms with van der Waals surface area (Å²) in [5.74, 6) is -0.390. The predicted octanol–water partition coefficient (Wildman–Crippen LogP) is 3.31. The average Bonchev–Trinajstić information content (AvgIpc) is 2.27. The van der Waals surface area contributed by atoms with Crippen molar-refractivity contribution >= 4 is 17.4 Å². The van der Waals surface area contributed by atoms with Gasteiger partial charge in [-0.3, -0.25) is 9.59 Å². The van der Waals surface area contributed by atoms with E-state index in [9.17, 15) is 9.59 Å². The van der Waals surface area contributed by atoms with Crippen molar-refractivity contribution < 1.29 is 9.59 Å². The molecule has 3 heteroatoms. The van der Waals surface area contributed by atoms with Gasteiger partial charge in [-0.15, -0.1) is 0 Å². The van der Waals surface area contributed by atoms with Gasteiger partial charge < -0.3 is 5.32 Å². The van der Waals surface area contributed by atoms with Gasteiger partial charge in [-0.25, -0.2) is 0 Å². The number of amides is 1. The molecule has 0 bridgehead atoms. The molecular weight excluding hydrogens is 226 g/mol. The van der Waals surface area contributed by atoms with Crippen LogP contribution >= 0.6 is 0 Å². The molecule has 1 amide bonds. The molecule has 1 N–H and O–H groups in total. The number of hydrogen-bond acceptors (Lipinski definition) is 2. The Kier molecular flexibility index (Phi) is 4.07. The summed E-state index contributed by atoms with van der Waals surface area (Å²) >= 11 is 0. The minimum absolute atomic E-state index is 0.0387. The highest BCUT2D eigenvalue weighted by atomic mass is 16.1. The summed E-state index contributed by atoms with van der Waals surface area (Å²) in [5.41, 5.74) is 2.08. The van der Waals surface area contributed by atoms with Crippen LogP contribution in [-0.2, 0) is 10.2 Å². The number of Topliss-reactive ketones (excluding diaryl/α,β-unsaturated/α-hetero) is 1. The summed E-state index contributed by atoms with van der Waals surface area (Å²) in [7, 11) is 0. The highest BCUT2D eigenvalue weighted by molar-refractivity contribution is 6.06. The van der Waals surface area contributed by atoms with Crippen LogP contribution in [0.2, 0.25) is 0 Å². The first-order valence-corrected chi connectivity index (χ1v) is 5.84. The zero-order valence-corrected chi connectivity index (χ0v) is 11.3. The maximum absolute atomic E-state index is 11.5. The van der Waals surface area contributed by atoms with Gasteiger partial charge in [-0.2, -0.15) is 0 Å².